The first-order valence-corrected chi connectivity index (χ1v) is 9.60. The summed E-state index contributed by atoms with van der Waals surface area (Å²) in [6.07, 6.45) is 17.8. The minimum atomic E-state index is -2.08. The molecular weight excluding hydrogens is 388 g/mol. The molecule has 26 heavy (non-hydrogen) atoms. The molecule has 0 spiro atoms. The van der Waals surface area contributed by atoms with Crippen LogP contribution in [0.5, 0.6) is 0 Å². The maximum atomic E-state index is 10.2. The summed E-state index contributed by atoms with van der Waals surface area (Å²) in [7, 11) is 0. The number of hydrogen-bond acceptors (Lipinski definition) is 5. The summed E-state index contributed by atoms with van der Waals surface area (Å²) in [6.45, 7) is 2.27. The van der Waals surface area contributed by atoms with Crippen molar-refractivity contribution in [1.82, 2.24) is 6.15 Å². The zero-order valence-electron chi connectivity index (χ0n) is 16.8. The molecule has 0 rings (SSSR count). The van der Waals surface area contributed by atoms with E-state index in [-0.39, 0.29) is 32.0 Å². The molecule has 0 heterocycles. The SMILES string of the molecule is CCCCCCCCCCCCCCCCCC(=O)[O-].N.O=C([O-])O.[Zn+2]. The summed E-state index contributed by atoms with van der Waals surface area (Å²) in [5.41, 5.74) is 0. The van der Waals surface area contributed by atoms with Gasteiger partial charge in [-0.3, -0.25) is 0 Å². The molecular formula is C19H39NO5Zn. The molecule has 0 amide bonds. The van der Waals surface area contributed by atoms with E-state index >= 15 is 0 Å². The smallest absolute Gasteiger partial charge is 0.565 e. The summed E-state index contributed by atoms with van der Waals surface area (Å²) < 4.78 is 0. The van der Waals surface area contributed by atoms with Crippen molar-refractivity contribution in [3.63, 3.8) is 0 Å². The van der Waals surface area contributed by atoms with E-state index in [2.05, 4.69) is 6.92 Å². The van der Waals surface area contributed by atoms with E-state index in [9.17, 15) is 9.90 Å². The van der Waals surface area contributed by atoms with Crippen LogP contribution in [-0.2, 0) is 24.3 Å². The van der Waals surface area contributed by atoms with Gasteiger partial charge < -0.3 is 31.1 Å². The van der Waals surface area contributed by atoms with Crippen LogP contribution in [0.4, 0.5) is 4.79 Å². The molecule has 152 valence electrons. The standard InChI is InChI=1S/C18H36O2.CH2O3.H3N.Zn/c1-2-3-4-5-6-7-8-9-10-11-12-13-14-15-16-17-18(19)20;2-1(3)4;;/h2-17H2,1H3,(H,19,20);(H2,2,3,4);1H3;/q;;;+2/p-2. The Bertz CT molecular complexity index is 287. The van der Waals surface area contributed by atoms with Crippen molar-refractivity contribution in [2.45, 2.75) is 110 Å². The van der Waals surface area contributed by atoms with Crippen molar-refractivity contribution in [3.05, 3.63) is 0 Å². The van der Waals surface area contributed by atoms with Gasteiger partial charge in [-0.2, -0.15) is 0 Å². The maximum absolute atomic E-state index is 10.2. The average Bonchev–Trinajstić information content (AvgIpc) is 2.50. The van der Waals surface area contributed by atoms with Crippen LogP contribution < -0.4 is 16.4 Å². The van der Waals surface area contributed by atoms with E-state index in [0.717, 1.165) is 12.8 Å². The molecule has 0 saturated heterocycles. The Morgan fingerprint density at radius 3 is 1.12 bits per heavy atom. The van der Waals surface area contributed by atoms with Crippen LogP contribution in [0.15, 0.2) is 0 Å². The van der Waals surface area contributed by atoms with Crippen LogP contribution in [0.25, 0.3) is 0 Å². The van der Waals surface area contributed by atoms with Gasteiger partial charge in [0.25, 0.3) is 0 Å². The number of rotatable bonds is 16. The van der Waals surface area contributed by atoms with Gasteiger partial charge >= 0.3 is 19.5 Å². The fourth-order valence-electron chi connectivity index (χ4n) is 2.64. The fourth-order valence-corrected chi connectivity index (χ4v) is 2.64. The molecule has 0 atom stereocenters. The minimum Gasteiger partial charge on any atom is -0.565 e. The summed E-state index contributed by atoms with van der Waals surface area (Å²) >= 11 is 0. The third-order valence-corrected chi connectivity index (χ3v) is 3.98. The first-order chi connectivity index (χ1) is 11.5. The third-order valence-electron chi connectivity index (χ3n) is 3.98. The number of hydrogen-bond donors (Lipinski definition) is 2. The Morgan fingerprint density at radius 2 is 0.885 bits per heavy atom. The first-order valence-electron chi connectivity index (χ1n) is 9.60. The predicted molar refractivity (Wildman–Crippen MR) is 97.6 cm³/mol. The summed E-state index contributed by atoms with van der Waals surface area (Å²) in [5.74, 6) is -0.903. The quantitative estimate of drug-likeness (QED) is 0.282. The zero-order chi connectivity index (χ0) is 18.5. The Kier molecular flexibility index (Phi) is 36.9. The number of aliphatic carboxylic acids is 1. The normalized spacial score (nSPS) is 9.27. The van der Waals surface area contributed by atoms with Crippen LogP contribution in [0, 0.1) is 0 Å². The van der Waals surface area contributed by atoms with Crippen LogP contribution in [0.2, 0.25) is 0 Å². The second-order valence-electron chi connectivity index (χ2n) is 6.34. The molecule has 0 aliphatic heterocycles. The van der Waals surface area contributed by atoms with Gasteiger partial charge in [0.2, 0.25) is 6.16 Å². The monoisotopic (exact) mass is 425 g/mol. The number of unbranched alkanes of at least 4 members (excludes halogenated alkanes) is 14. The Morgan fingerprint density at radius 1 is 0.654 bits per heavy atom. The second-order valence-corrected chi connectivity index (χ2v) is 6.34. The van der Waals surface area contributed by atoms with Gasteiger partial charge in [-0.1, -0.05) is 96.8 Å². The Labute approximate surface area is 172 Å². The molecule has 0 fully saturated rings. The molecule has 7 heteroatoms. The van der Waals surface area contributed by atoms with Crippen LogP contribution in [0.1, 0.15) is 110 Å². The van der Waals surface area contributed by atoms with Gasteiger partial charge in [0, 0.05) is 5.97 Å². The molecule has 0 aromatic heterocycles. The van der Waals surface area contributed by atoms with Gasteiger partial charge in [0.15, 0.2) is 0 Å². The maximum Gasteiger partial charge on any atom is 2.00 e. The molecule has 0 radical (unpaired) electrons. The molecule has 0 aromatic rings. The second kappa shape index (κ2) is 29.1. The zero-order valence-corrected chi connectivity index (χ0v) is 19.8. The molecule has 0 aromatic carbocycles. The summed E-state index contributed by atoms with van der Waals surface area (Å²) in [6, 6.07) is 0. The van der Waals surface area contributed by atoms with E-state index in [1.807, 2.05) is 0 Å². The molecule has 0 saturated carbocycles. The summed E-state index contributed by atoms with van der Waals surface area (Å²) in [5, 5.41) is 25.5. The van der Waals surface area contributed by atoms with Crippen molar-refractivity contribution < 1.29 is 44.4 Å². The predicted octanol–water partition coefficient (Wildman–Crippen LogP) is 4.05. The number of carbonyl (C=O) groups is 2. The van der Waals surface area contributed by atoms with Gasteiger partial charge in [-0.15, -0.1) is 0 Å². The average molecular weight is 427 g/mol. The van der Waals surface area contributed by atoms with Gasteiger partial charge in [0.05, 0.1) is 0 Å². The molecule has 0 bridgehead atoms. The minimum absolute atomic E-state index is 0. The van der Waals surface area contributed by atoms with Crippen LogP contribution >= 0.6 is 0 Å². The molecule has 6 nitrogen and oxygen atoms in total. The van der Waals surface area contributed by atoms with Crippen LogP contribution in [0.3, 0.4) is 0 Å². The number of carbonyl (C=O) groups excluding carboxylic acids is 1. The fraction of sp³-hybridized carbons (Fsp3) is 0.895. The molecule has 0 aliphatic carbocycles. The van der Waals surface area contributed by atoms with E-state index < -0.39 is 12.1 Å². The Balaban J connectivity index is -0.000000363. The van der Waals surface area contributed by atoms with E-state index in [1.165, 1.54) is 83.5 Å². The van der Waals surface area contributed by atoms with Gasteiger partial charge in [0.1, 0.15) is 0 Å². The molecule has 0 aliphatic rings. The third kappa shape index (κ3) is 43.6. The van der Waals surface area contributed by atoms with E-state index in [1.54, 1.807) is 0 Å². The van der Waals surface area contributed by atoms with E-state index in [4.69, 9.17) is 15.0 Å². The first kappa shape index (κ1) is 33.0. The molecule has 0 unspecified atom stereocenters. The largest absolute Gasteiger partial charge is 2.00 e. The van der Waals surface area contributed by atoms with Crippen molar-refractivity contribution in [1.29, 1.82) is 0 Å². The number of carboxylic acid groups (broad SMARTS) is 3. The Hall–Kier alpha value is -0.677. The number of carboxylic acids is 1. The van der Waals surface area contributed by atoms with Crippen molar-refractivity contribution >= 4 is 12.1 Å². The molecule has 4 N–H and O–H groups in total. The van der Waals surface area contributed by atoms with Crippen LogP contribution in [-0.4, -0.2) is 17.2 Å². The summed E-state index contributed by atoms with van der Waals surface area (Å²) in [4.78, 5) is 18.7. The van der Waals surface area contributed by atoms with Crippen molar-refractivity contribution in [3.8, 4) is 0 Å². The van der Waals surface area contributed by atoms with Crippen molar-refractivity contribution in [2.24, 2.45) is 0 Å². The van der Waals surface area contributed by atoms with Gasteiger partial charge in [-0.05, 0) is 12.8 Å². The van der Waals surface area contributed by atoms with Gasteiger partial charge in [-0.25, -0.2) is 0 Å². The van der Waals surface area contributed by atoms with E-state index in [0.29, 0.717) is 0 Å². The topological polar surface area (TPSA) is 135 Å². The van der Waals surface area contributed by atoms with Crippen molar-refractivity contribution in [2.75, 3.05) is 0 Å².